The molecule has 2 amide bonds. The van der Waals surface area contributed by atoms with Crippen LogP contribution in [0.25, 0.3) is 0 Å². The molecule has 1 saturated heterocycles. The van der Waals surface area contributed by atoms with Gasteiger partial charge in [-0.2, -0.15) is 14.8 Å². The summed E-state index contributed by atoms with van der Waals surface area (Å²) in [6.45, 7) is 2.15. The zero-order chi connectivity index (χ0) is 14.6. The van der Waals surface area contributed by atoms with Gasteiger partial charge >= 0.3 is 12.2 Å². The smallest absolute Gasteiger partial charge is 0.415 e. The van der Waals surface area contributed by atoms with Gasteiger partial charge in [0, 0.05) is 12.8 Å². The Labute approximate surface area is 117 Å². The fraction of sp³-hybridized carbons (Fsp3) is 0.429. The van der Waals surface area contributed by atoms with Crippen LogP contribution in [0.15, 0.2) is 30.3 Å². The Morgan fingerprint density at radius 3 is 2.55 bits per heavy atom. The lowest BCUT2D eigenvalue weighted by molar-refractivity contribution is -0.801. The van der Waals surface area contributed by atoms with E-state index in [1.165, 1.54) is 0 Å². The number of benzene rings is 1. The first-order valence-electron chi connectivity index (χ1n) is 6.56. The van der Waals surface area contributed by atoms with Gasteiger partial charge in [0.25, 0.3) is 0 Å². The van der Waals surface area contributed by atoms with E-state index >= 15 is 0 Å². The van der Waals surface area contributed by atoms with Crippen LogP contribution in [0.2, 0.25) is 0 Å². The molecule has 0 radical (unpaired) electrons. The quantitative estimate of drug-likeness (QED) is 0.512. The second kappa shape index (κ2) is 6.02. The molecule has 1 aliphatic rings. The number of carbonyl (C=O) groups excluding carboxylic acids is 2. The Morgan fingerprint density at radius 1 is 1.30 bits per heavy atom. The largest absolute Gasteiger partial charge is 0.558 e. The molecule has 6 heteroatoms. The number of rotatable bonds is 2. The topological polar surface area (TPSA) is 72.8 Å². The van der Waals surface area contributed by atoms with Crippen molar-refractivity contribution >= 4 is 12.2 Å². The number of amides is 2. The van der Waals surface area contributed by atoms with Crippen molar-refractivity contribution in [2.75, 3.05) is 6.54 Å². The van der Waals surface area contributed by atoms with Crippen molar-refractivity contribution in [3.05, 3.63) is 35.9 Å². The number of likely N-dealkylation sites (tertiary alicyclic amines) is 1. The Morgan fingerprint density at radius 2 is 2.00 bits per heavy atom. The molecule has 1 unspecified atom stereocenters. The molecular weight excluding hydrogens is 262 g/mol. The van der Waals surface area contributed by atoms with Gasteiger partial charge in [0.05, 0.1) is 0 Å². The van der Waals surface area contributed by atoms with E-state index in [1.807, 2.05) is 30.3 Å². The summed E-state index contributed by atoms with van der Waals surface area (Å²) in [5, 5.41) is 8.64. The molecule has 1 aliphatic heterocycles. The molecule has 0 bridgehead atoms. The average molecular weight is 280 g/mol. The van der Waals surface area contributed by atoms with Gasteiger partial charge in [0.2, 0.25) is 0 Å². The van der Waals surface area contributed by atoms with Gasteiger partial charge in [-0.1, -0.05) is 30.3 Å². The maximum Gasteiger partial charge on any atom is 0.558 e. The van der Waals surface area contributed by atoms with E-state index in [-0.39, 0.29) is 19.2 Å². The molecule has 2 atom stereocenters. The van der Waals surface area contributed by atoms with E-state index in [0.717, 1.165) is 5.56 Å². The minimum absolute atomic E-state index is 0.0884. The normalized spacial score (nSPS) is 25.2. The number of imide groups is 1. The summed E-state index contributed by atoms with van der Waals surface area (Å²) < 4.78 is 4.62. The number of quaternary nitrogens is 1. The SMILES string of the molecule is C[C@@H]1CCC[N+]1(C(=O)OO)C(=O)OCc1ccccc1. The lowest BCUT2D eigenvalue weighted by atomic mass is 10.2. The van der Waals surface area contributed by atoms with E-state index in [9.17, 15) is 9.59 Å². The summed E-state index contributed by atoms with van der Waals surface area (Å²) in [6.07, 6.45) is -0.252. The van der Waals surface area contributed by atoms with Gasteiger partial charge in [0.15, 0.2) is 0 Å². The van der Waals surface area contributed by atoms with Crippen LogP contribution in [0.4, 0.5) is 9.59 Å². The summed E-state index contributed by atoms with van der Waals surface area (Å²) in [6, 6.07) is 8.94. The van der Waals surface area contributed by atoms with Crippen molar-refractivity contribution in [1.29, 1.82) is 0 Å². The first-order chi connectivity index (χ1) is 9.61. The third-order valence-corrected chi connectivity index (χ3v) is 3.82. The standard InChI is InChI=1S/C14H17NO5/c1-11-6-5-9-15(11,14(17)20-18)13(16)19-10-12-7-3-2-4-8-12/h2-4,7-8,11H,5-6,9-10H2,1H3/p+1/t11-,15?/m1/s1. The molecule has 1 fully saturated rings. The molecule has 108 valence electrons. The van der Waals surface area contributed by atoms with Crippen molar-refractivity contribution in [2.24, 2.45) is 0 Å². The highest BCUT2D eigenvalue weighted by Crippen LogP contribution is 2.29. The molecule has 0 saturated carbocycles. The minimum Gasteiger partial charge on any atom is -0.415 e. The molecule has 1 aromatic carbocycles. The molecule has 0 spiro atoms. The lowest BCUT2D eigenvalue weighted by Gasteiger charge is -2.28. The monoisotopic (exact) mass is 280 g/mol. The summed E-state index contributed by atoms with van der Waals surface area (Å²) in [5.41, 5.74) is 0.836. The van der Waals surface area contributed by atoms with Crippen LogP contribution in [0, 0.1) is 0 Å². The van der Waals surface area contributed by atoms with Crippen LogP contribution in [0.1, 0.15) is 25.3 Å². The fourth-order valence-electron chi connectivity index (χ4n) is 2.60. The van der Waals surface area contributed by atoms with Gasteiger partial charge < -0.3 is 4.74 Å². The lowest BCUT2D eigenvalue weighted by Crippen LogP contribution is -2.59. The highest BCUT2D eigenvalue weighted by atomic mass is 17.1. The van der Waals surface area contributed by atoms with Crippen molar-refractivity contribution < 1.29 is 29.0 Å². The average Bonchev–Trinajstić information content (AvgIpc) is 2.87. The van der Waals surface area contributed by atoms with Gasteiger partial charge in [0.1, 0.15) is 19.2 Å². The predicted molar refractivity (Wildman–Crippen MR) is 69.6 cm³/mol. The number of hydrogen-bond donors (Lipinski definition) is 1. The summed E-state index contributed by atoms with van der Waals surface area (Å²) in [5.74, 6) is 0. The zero-order valence-electron chi connectivity index (χ0n) is 11.3. The summed E-state index contributed by atoms with van der Waals surface area (Å²) in [4.78, 5) is 27.9. The van der Waals surface area contributed by atoms with E-state index in [4.69, 9.17) is 9.99 Å². The Balaban J connectivity index is 2.10. The zero-order valence-corrected chi connectivity index (χ0v) is 11.3. The highest BCUT2D eigenvalue weighted by Gasteiger charge is 2.56. The molecule has 1 heterocycles. The summed E-state index contributed by atoms with van der Waals surface area (Å²) in [7, 11) is 0. The van der Waals surface area contributed by atoms with E-state index in [2.05, 4.69) is 4.89 Å². The van der Waals surface area contributed by atoms with Gasteiger partial charge in [-0.05, 0) is 12.5 Å². The van der Waals surface area contributed by atoms with E-state index in [0.29, 0.717) is 12.8 Å². The fourth-order valence-corrected chi connectivity index (χ4v) is 2.60. The third-order valence-electron chi connectivity index (χ3n) is 3.82. The van der Waals surface area contributed by atoms with Crippen molar-refractivity contribution in [2.45, 2.75) is 32.4 Å². The van der Waals surface area contributed by atoms with Crippen molar-refractivity contribution in [1.82, 2.24) is 0 Å². The Bertz CT molecular complexity index is 490. The minimum atomic E-state index is -0.979. The second-order valence-corrected chi connectivity index (χ2v) is 4.98. The van der Waals surface area contributed by atoms with E-state index < -0.39 is 16.7 Å². The van der Waals surface area contributed by atoms with Crippen LogP contribution in [0.3, 0.4) is 0 Å². The molecule has 0 aromatic heterocycles. The Kier molecular flexibility index (Phi) is 4.36. The van der Waals surface area contributed by atoms with Crippen LogP contribution < -0.4 is 0 Å². The first-order valence-corrected chi connectivity index (χ1v) is 6.56. The second-order valence-electron chi connectivity index (χ2n) is 4.98. The number of carbonyl (C=O) groups is 2. The first kappa shape index (κ1) is 14.5. The third kappa shape index (κ3) is 2.52. The van der Waals surface area contributed by atoms with Gasteiger partial charge in [-0.3, -0.25) is 0 Å². The van der Waals surface area contributed by atoms with Crippen molar-refractivity contribution in [3.8, 4) is 0 Å². The van der Waals surface area contributed by atoms with Crippen LogP contribution in [-0.2, 0) is 16.2 Å². The van der Waals surface area contributed by atoms with E-state index in [1.54, 1.807) is 6.92 Å². The Hall–Kier alpha value is -1.92. The van der Waals surface area contributed by atoms with Crippen LogP contribution in [-0.4, -0.2) is 34.5 Å². The highest BCUT2D eigenvalue weighted by molar-refractivity contribution is 5.76. The maximum atomic E-state index is 12.3. The maximum absolute atomic E-state index is 12.3. The van der Waals surface area contributed by atoms with Gasteiger partial charge in [-0.25, -0.2) is 4.89 Å². The summed E-state index contributed by atoms with van der Waals surface area (Å²) >= 11 is 0. The molecule has 2 rings (SSSR count). The molecule has 20 heavy (non-hydrogen) atoms. The molecule has 1 N–H and O–H groups in total. The molecule has 1 aromatic rings. The van der Waals surface area contributed by atoms with Crippen LogP contribution >= 0.6 is 0 Å². The predicted octanol–water partition coefficient (Wildman–Crippen LogP) is 2.93. The number of nitrogens with zero attached hydrogens (tertiary/aromatic N) is 1. The van der Waals surface area contributed by atoms with Crippen molar-refractivity contribution in [3.63, 3.8) is 0 Å². The number of ether oxygens (including phenoxy) is 1. The van der Waals surface area contributed by atoms with Gasteiger partial charge in [-0.15, -0.1) is 4.48 Å². The molecule has 0 aliphatic carbocycles. The number of hydrogen-bond acceptors (Lipinski definition) is 5. The van der Waals surface area contributed by atoms with Crippen LogP contribution in [0.5, 0.6) is 0 Å². The molecular formula is C14H18NO5+. The molecule has 6 nitrogen and oxygen atoms in total.